The summed E-state index contributed by atoms with van der Waals surface area (Å²) in [5, 5.41) is 8.52. The molecule has 1 fully saturated rings. The summed E-state index contributed by atoms with van der Waals surface area (Å²) in [5.74, 6) is 0.822. The first-order valence-corrected chi connectivity index (χ1v) is 4.03. The molecule has 1 atom stereocenters. The van der Waals surface area contributed by atoms with Gasteiger partial charge in [-0.15, -0.1) is 0 Å². The van der Waals surface area contributed by atoms with Gasteiger partial charge in [0.2, 0.25) is 0 Å². The van der Waals surface area contributed by atoms with E-state index in [0.29, 0.717) is 6.04 Å². The number of hydrogen-bond acceptors (Lipinski definition) is 2. The lowest BCUT2D eigenvalue weighted by Crippen LogP contribution is -2.10. The van der Waals surface area contributed by atoms with E-state index >= 15 is 0 Å². The average molecular weight is 146 g/mol. The Hall–Kier alpha value is -1.10. The second-order valence-corrected chi connectivity index (χ2v) is 3.19. The lowest BCUT2D eigenvalue weighted by atomic mass is 10.1. The average Bonchev–Trinajstić information content (AvgIpc) is 2.87. The minimum Gasteiger partial charge on any atom is -0.288 e. The largest absolute Gasteiger partial charge is 0.288 e. The van der Waals surface area contributed by atoms with Crippen molar-refractivity contribution >= 4 is 6.21 Å². The fourth-order valence-corrected chi connectivity index (χ4v) is 1.41. The fraction of sp³-hybridized carbons (Fsp3) is 0.556. The van der Waals surface area contributed by atoms with E-state index in [4.69, 9.17) is 5.26 Å². The topological polar surface area (TPSA) is 36.1 Å². The van der Waals surface area contributed by atoms with Crippen molar-refractivity contribution in [1.82, 2.24) is 0 Å². The highest BCUT2D eigenvalue weighted by molar-refractivity contribution is 5.84. The number of dihydropyridines is 1. The molecule has 1 heterocycles. The standard InChI is InChI=1S/C9H10N2/c10-5-7-1-4-9(11-6-7)8-2-3-8/h1,6,8-9H,2-4H2. The number of hydrogen-bond donors (Lipinski definition) is 0. The molecule has 2 nitrogen and oxygen atoms in total. The lowest BCUT2D eigenvalue weighted by molar-refractivity contribution is 0.602. The second-order valence-electron chi connectivity index (χ2n) is 3.19. The van der Waals surface area contributed by atoms with Crippen LogP contribution in [-0.4, -0.2) is 12.3 Å². The van der Waals surface area contributed by atoms with Crippen LogP contribution in [0.25, 0.3) is 0 Å². The highest BCUT2D eigenvalue weighted by Gasteiger charge is 2.30. The quantitative estimate of drug-likeness (QED) is 0.554. The zero-order valence-electron chi connectivity index (χ0n) is 6.33. The summed E-state index contributed by atoms with van der Waals surface area (Å²) in [7, 11) is 0. The Morgan fingerprint density at radius 3 is 2.82 bits per heavy atom. The molecular formula is C9H10N2. The third-order valence-corrected chi connectivity index (χ3v) is 2.28. The summed E-state index contributed by atoms with van der Waals surface area (Å²) in [6.07, 6.45) is 7.35. The van der Waals surface area contributed by atoms with Crippen molar-refractivity contribution in [3.05, 3.63) is 11.6 Å². The first-order chi connectivity index (χ1) is 5.40. The first kappa shape index (κ1) is 6.60. The molecule has 1 aliphatic carbocycles. The van der Waals surface area contributed by atoms with Crippen molar-refractivity contribution in [2.24, 2.45) is 10.9 Å². The van der Waals surface area contributed by atoms with Gasteiger partial charge in [0.1, 0.15) is 6.07 Å². The molecule has 0 N–H and O–H groups in total. The maximum atomic E-state index is 8.52. The van der Waals surface area contributed by atoms with Crippen molar-refractivity contribution in [1.29, 1.82) is 5.26 Å². The molecule has 11 heavy (non-hydrogen) atoms. The summed E-state index contributed by atoms with van der Waals surface area (Å²) >= 11 is 0. The van der Waals surface area contributed by atoms with Gasteiger partial charge in [-0.05, 0) is 25.2 Å². The summed E-state index contributed by atoms with van der Waals surface area (Å²) in [4.78, 5) is 4.33. The fourth-order valence-electron chi connectivity index (χ4n) is 1.41. The molecule has 0 amide bonds. The van der Waals surface area contributed by atoms with Gasteiger partial charge in [0, 0.05) is 6.21 Å². The second kappa shape index (κ2) is 2.50. The number of aliphatic imine (C=N–C) groups is 1. The zero-order chi connectivity index (χ0) is 7.68. The van der Waals surface area contributed by atoms with Gasteiger partial charge >= 0.3 is 0 Å². The van der Waals surface area contributed by atoms with Crippen LogP contribution in [0.4, 0.5) is 0 Å². The SMILES string of the molecule is N#CC1=CCC(C2CC2)N=C1. The van der Waals surface area contributed by atoms with E-state index < -0.39 is 0 Å². The van der Waals surface area contributed by atoms with Crippen LogP contribution in [0.15, 0.2) is 16.6 Å². The van der Waals surface area contributed by atoms with Crippen LogP contribution in [0.3, 0.4) is 0 Å². The molecule has 0 spiro atoms. The highest BCUT2D eigenvalue weighted by atomic mass is 14.8. The molecule has 1 unspecified atom stereocenters. The van der Waals surface area contributed by atoms with Gasteiger partial charge in [-0.25, -0.2) is 0 Å². The summed E-state index contributed by atoms with van der Waals surface area (Å²) in [5.41, 5.74) is 0.724. The smallest absolute Gasteiger partial charge is 0.100 e. The lowest BCUT2D eigenvalue weighted by Gasteiger charge is -2.11. The predicted molar refractivity (Wildman–Crippen MR) is 43.3 cm³/mol. The Morgan fingerprint density at radius 2 is 2.36 bits per heavy atom. The minimum absolute atomic E-state index is 0.493. The van der Waals surface area contributed by atoms with E-state index in [-0.39, 0.29) is 0 Å². The molecule has 0 radical (unpaired) electrons. The molecule has 0 aromatic rings. The summed E-state index contributed by atoms with van der Waals surface area (Å²) in [6.45, 7) is 0. The third kappa shape index (κ3) is 1.32. The summed E-state index contributed by atoms with van der Waals surface area (Å²) in [6, 6.07) is 2.59. The molecule has 0 aromatic heterocycles. The number of allylic oxidation sites excluding steroid dienone is 1. The Balaban J connectivity index is 2.01. The molecular weight excluding hydrogens is 136 g/mol. The van der Waals surface area contributed by atoms with Crippen LogP contribution in [0, 0.1) is 17.2 Å². The van der Waals surface area contributed by atoms with E-state index in [0.717, 1.165) is 17.9 Å². The molecule has 2 aliphatic rings. The van der Waals surface area contributed by atoms with Crippen LogP contribution >= 0.6 is 0 Å². The third-order valence-electron chi connectivity index (χ3n) is 2.28. The molecule has 0 saturated heterocycles. The van der Waals surface area contributed by atoms with E-state index in [1.165, 1.54) is 12.8 Å². The van der Waals surface area contributed by atoms with E-state index in [9.17, 15) is 0 Å². The normalized spacial score (nSPS) is 29.4. The van der Waals surface area contributed by atoms with Crippen LogP contribution in [0.5, 0.6) is 0 Å². The maximum absolute atomic E-state index is 8.52. The molecule has 1 saturated carbocycles. The minimum atomic E-state index is 0.493. The van der Waals surface area contributed by atoms with Gasteiger partial charge in [-0.3, -0.25) is 4.99 Å². The molecule has 1 aliphatic heterocycles. The highest BCUT2D eigenvalue weighted by Crippen LogP contribution is 2.36. The molecule has 2 heteroatoms. The molecule has 2 rings (SSSR count). The van der Waals surface area contributed by atoms with Gasteiger partial charge in [0.25, 0.3) is 0 Å². The maximum Gasteiger partial charge on any atom is 0.100 e. The van der Waals surface area contributed by atoms with Crippen LogP contribution in [0.2, 0.25) is 0 Å². The van der Waals surface area contributed by atoms with Crippen molar-refractivity contribution < 1.29 is 0 Å². The van der Waals surface area contributed by atoms with E-state index in [1.807, 2.05) is 6.08 Å². The molecule has 0 aromatic carbocycles. The number of nitrogens with zero attached hydrogens (tertiary/aromatic N) is 2. The van der Waals surface area contributed by atoms with Crippen molar-refractivity contribution in [3.8, 4) is 6.07 Å². The Kier molecular flexibility index (Phi) is 1.50. The van der Waals surface area contributed by atoms with Gasteiger partial charge in [0.15, 0.2) is 0 Å². The Morgan fingerprint density at radius 1 is 1.55 bits per heavy atom. The van der Waals surface area contributed by atoms with E-state index in [2.05, 4.69) is 11.1 Å². The van der Waals surface area contributed by atoms with Gasteiger partial charge in [-0.2, -0.15) is 5.26 Å². The van der Waals surface area contributed by atoms with Crippen LogP contribution in [-0.2, 0) is 0 Å². The summed E-state index contributed by atoms with van der Waals surface area (Å²) < 4.78 is 0. The van der Waals surface area contributed by atoms with Crippen LogP contribution < -0.4 is 0 Å². The monoisotopic (exact) mass is 146 g/mol. The van der Waals surface area contributed by atoms with Crippen LogP contribution in [0.1, 0.15) is 19.3 Å². The molecule has 56 valence electrons. The van der Waals surface area contributed by atoms with Crippen molar-refractivity contribution in [2.45, 2.75) is 25.3 Å². The Bertz CT molecular complexity index is 253. The van der Waals surface area contributed by atoms with Gasteiger partial charge < -0.3 is 0 Å². The zero-order valence-corrected chi connectivity index (χ0v) is 6.33. The first-order valence-electron chi connectivity index (χ1n) is 4.03. The van der Waals surface area contributed by atoms with Crippen molar-refractivity contribution in [2.75, 3.05) is 0 Å². The van der Waals surface area contributed by atoms with E-state index in [1.54, 1.807) is 6.21 Å². The van der Waals surface area contributed by atoms with Gasteiger partial charge in [-0.1, -0.05) is 6.08 Å². The van der Waals surface area contributed by atoms with Gasteiger partial charge in [0.05, 0.1) is 11.6 Å². The number of rotatable bonds is 1. The Labute approximate surface area is 66.2 Å². The number of nitriles is 1. The predicted octanol–water partition coefficient (Wildman–Crippen LogP) is 1.69. The molecule has 0 bridgehead atoms. The van der Waals surface area contributed by atoms with Crippen molar-refractivity contribution in [3.63, 3.8) is 0 Å².